The summed E-state index contributed by atoms with van der Waals surface area (Å²) in [5.74, 6) is 0.907. The molecule has 0 atom stereocenters. The van der Waals surface area contributed by atoms with Crippen molar-refractivity contribution in [3.05, 3.63) is 71.8 Å². The third-order valence-electron chi connectivity index (χ3n) is 4.87. The summed E-state index contributed by atoms with van der Waals surface area (Å²) in [6.45, 7) is 5.05. The number of rotatable bonds is 11. The minimum atomic E-state index is 0.627. The highest BCUT2D eigenvalue weighted by Crippen LogP contribution is 2.29. The van der Waals surface area contributed by atoms with Gasteiger partial charge in [-0.05, 0) is 42.5 Å². The lowest BCUT2D eigenvalue weighted by Crippen LogP contribution is -1.93. The number of benzene rings is 2. The molecule has 0 N–H and O–H groups in total. The van der Waals surface area contributed by atoms with Crippen LogP contribution in [0.3, 0.4) is 0 Å². The highest BCUT2D eigenvalue weighted by atomic mass is 32.1. The molecule has 3 heteroatoms. The first-order valence-corrected chi connectivity index (χ1v) is 11.5. The van der Waals surface area contributed by atoms with E-state index >= 15 is 0 Å². The SMILES string of the molecule is CCC/C=C/COc1ccc(-c2ccc(-c3ncc(CCCCC)s3)cc2)cc1. The van der Waals surface area contributed by atoms with Crippen molar-refractivity contribution in [3.63, 3.8) is 0 Å². The van der Waals surface area contributed by atoms with E-state index in [9.17, 15) is 0 Å². The van der Waals surface area contributed by atoms with Crippen molar-refractivity contribution in [2.75, 3.05) is 6.61 Å². The fourth-order valence-corrected chi connectivity index (χ4v) is 4.11. The highest BCUT2D eigenvalue weighted by Gasteiger charge is 2.06. The molecule has 0 unspecified atom stereocenters. The maximum Gasteiger partial charge on any atom is 0.123 e. The number of allylic oxidation sites excluding steroid dienone is 1. The number of ether oxygens (including phenoxy) is 1. The van der Waals surface area contributed by atoms with Gasteiger partial charge in [0.15, 0.2) is 0 Å². The van der Waals surface area contributed by atoms with Crippen LogP contribution in [-0.4, -0.2) is 11.6 Å². The number of unbranched alkanes of at least 4 members (excludes halogenated alkanes) is 3. The number of aryl methyl sites for hydroxylation is 1. The monoisotopic (exact) mass is 405 g/mol. The molecule has 1 heterocycles. The Bertz CT molecular complexity index is 878. The largest absolute Gasteiger partial charge is 0.490 e. The van der Waals surface area contributed by atoms with E-state index in [0.717, 1.165) is 23.6 Å². The normalized spacial score (nSPS) is 11.2. The van der Waals surface area contributed by atoms with Gasteiger partial charge >= 0.3 is 0 Å². The Labute approximate surface area is 179 Å². The number of nitrogens with zero attached hydrogens (tertiary/aromatic N) is 1. The lowest BCUT2D eigenvalue weighted by atomic mass is 10.0. The highest BCUT2D eigenvalue weighted by molar-refractivity contribution is 7.15. The first-order chi connectivity index (χ1) is 14.3. The van der Waals surface area contributed by atoms with E-state index in [1.165, 1.54) is 47.3 Å². The first kappa shape index (κ1) is 21.3. The van der Waals surface area contributed by atoms with Crippen molar-refractivity contribution >= 4 is 11.3 Å². The van der Waals surface area contributed by atoms with Gasteiger partial charge in [-0.1, -0.05) is 81.7 Å². The van der Waals surface area contributed by atoms with E-state index in [1.54, 1.807) is 0 Å². The average molecular weight is 406 g/mol. The fourth-order valence-electron chi connectivity index (χ4n) is 3.15. The average Bonchev–Trinajstić information content (AvgIpc) is 3.23. The molecule has 0 fully saturated rings. The molecule has 0 saturated heterocycles. The van der Waals surface area contributed by atoms with Gasteiger partial charge in [0.1, 0.15) is 17.4 Å². The van der Waals surface area contributed by atoms with Gasteiger partial charge in [-0.2, -0.15) is 0 Å². The van der Waals surface area contributed by atoms with Crippen LogP contribution < -0.4 is 4.74 Å². The quantitative estimate of drug-likeness (QED) is 0.238. The molecular weight excluding hydrogens is 374 g/mol. The molecule has 0 aliphatic carbocycles. The second kappa shape index (κ2) is 11.6. The molecular formula is C26H31NOS. The van der Waals surface area contributed by atoms with Crippen LogP contribution in [0.1, 0.15) is 50.8 Å². The summed E-state index contributed by atoms with van der Waals surface area (Å²) in [7, 11) is 0. The maximum absolute atomic E-state index is 5.76. The van der Waals surface area contributed by atoms with Gasteiger partial charge < -0.3 is 4.74 Å². The maximum atomic E-state index is 5.76. The van der Waals surface area contributed by atoms with Crippen molar-refractivity contribution in [1.82, 2.24) is 4.98 Å². The van der Waals surface area contributed by atoms with Crippen LogP contribution in [0.5, 0.6) is 5.75 Å². The van der Waals surface area contributed by atoms with Gasteiger partial charge in [-0.25, -0.2) is 4.98 Å². The number of aromatic nitrogens is 1. The van der Waals surface area contributed by atoms with Crippen LogP contribution in [0.25, 0.3) is 21.7 Å². The van der Waals surface area contributed by atoms with Crippen LogP contribution in [0.2, 0.25) is 0 Å². The van der Waals surface area contributed by atoms with Crippen LogP contribution in [-0.2, 0) is 6.42 Å². The second-order valence-corrected chi connectivity index (χ2v) is 8.38. The standard InChI is InChI=1S/C26H31NOS/c1-3-5-7-9-19-28-24-17-15-22(16-18-24)21-11-13-23(14-12-21)26-27-20-25(29-26)10-8-6-4-2/h7,9,11-18,20H,3-6,8,10,19H2,1-2H3/b9-7+. The van der Waals surface area contributed by atoms with E-state index in [2.05, 4.69) is 67.4 Å². The van der Waals surface area contributed by atoms with Crippen LogP contribution in [0.15, 0.2) is 66.9 Å². The summed E-state index contributed by atoms with van der Waals surface area (Å²) in [5, 5.41) is 1.11. The minimum absolute atomic E-state index is 0.627. The molecule has 2 nitrogen and oxygen atoms in total. The van der Waals surface area contributed by atoms with Crippen molar-refractivity contribution in [3.8, 4) is 27.4 Å². The smallest absolute Gasteiger partial charge is 0.123 e. The molecule has 0 aliphatic heterocycles. The Hall–Kier alpha value is -2.39. The molecule has 0 amide bonds. The van der Waals surface area contributed by atoms with Crippen molar-refractivity contribution in [2.45, 2.75) is 52.4 Å². The number of thiazole rings is 1. The first-order valence-electron chi connectivity index (χ1n) is 10.7. The van der Waals surface area contributed by atoms with Gasteiger partial charge in [-0.15, -0.1) is 11.3 Å². The van der Waals surface area contributed by atoms with Gasteiger partial charge in [0.05, 0.1) is 0 Å². The summed E-state index contributed by atoms with van der Waals surface area (Å²) < 4.78 is 5.76. The summed E-state index contributed by atoms with van der Waals surface area (Å²) in [4.78, 5) is 6.01. The molecule has 0 spiro atoms. The van der Waals surface area contributed by atoms with E-state index in [0.29, 0.717) is 6.61 Å². The summed E-state index contributed by atoms with van der Waals surface area (Å²) >= 11 is 1.82. The molecule has 3 rings (SSSR count). The molecule has 0 saturated carbocycles. The molecule has 3 aromatic rings. The predicted octanol–water partition coefficient (Wildman–Crippen LogP) is 7.94. The predicted molar refractivity (Wildman–Crippen MR) is 126 cm³/mol. The van der Waals surface area contributed by atoms with Gasteiger partial charge in [0, 0.05) is 16.6 Å². The third-order valence-corrected chi connectivity index (χ3v) is 5.97. The van der Waals surface area contributed by atoms with Crippen molar-refractivity contribution in [2.24, 2.45) is 0 Å². The summed E-state index contributed by atoms with van der Waals surface area (Å²) in [6, 6.07) is 17.0. The van der Waals surface area contributed by atoms with Gasteiger partial charge in [-0.3, -0.25) is 0 Å². The van der Waals surface area contributed by atoms with Crippen LogP contribution >= 0.6 is 11.3 Å². The minimum Gasteiger partial charge on any atom is -0.490 e. The Morgan fingerprint density at radius 2 is 1.52 bits per heavy atom. The molecule has 2 aromatic carbocycles. The van der Waals surface area contributed by atoms with Gasteiger partial charge in [0.25, 0.3) is 0 Å². The molecule has 1 aromatic heterocycles. The number of hydrogen-bond donors (Lipinski definition) is 0. The Morgan fingerprint density at radius 1 is 0.828 bits per heavy atom. The van der Waals surface area contributed by atoms with Crippen LogP contribution in [0, 0.1) is 0 Å². The fraction of sp³-hybridized carbons (Fsp3) is 0.346. The Morgan fingerprint density at radius 3 is 2.21 bits per heavy atom. The van der Waals surface area contributed by atoms with E-state index in [4.69, 9.17) is 4.74 Å². The topological polar surface area (TPSA) is 22.1 Å². The van der Waals surface area contributed by atoms with E-state index in [1.807, 2.05) is 29.7 Å². The zero-order valence-corrected chi connectivity index (χ0v) is 18.4. The van der Waals surface area contributed by atoms with Crippen molar-refractivity contribution in [1.29, 1.82) is 0 Å². The molecule has 0 aliphatic rings. The van der Waals surface area contributed by atoms with Crippen molar-refractivity contribution < 1.29 is 4.74 Å². The second-order valence-electron chi connectivity index (χ2n) is 7.26. The lowest BCUT2D eigenvalue weighted by Gasteiger charge is -2.06. The molecule has 152 valence electrons. The van der Waals surface area contributed by atoms with Gasteiger partial charge in [0.2, 0.25) is 0 Å². The van der Waals surface area contributed by atoms with E-state index < -0.39 is 0 Å². The zero-order chi connectivity index (χ0) is 20.3. The van der Waals surface area contributed by atoms with E-state index in [-0.39, 0.29) is 0 Å². The van der Waals surface area contributed by atoms with Crippen LogP contribution in [0.4, 0.5) is 0 Å². The third kappa shape index (κ3) is 6.57. The number of hydrogen-bond acceptors (Lipinski definition) is 3. The lowest BCUT2D eigenvalue weighted by molar-refractivity contribution is 0.362. The zero-order valence-electron chi connectivity index (χ0n) is 17.6. The Balaban J connectivity index is 1.58. The summed E-state index contributed by atoms with van der Waals surface area (Å²) in [6.07, 6.45) is 13.5. The molecule has 0 bridgehead atoms. The molecule has 0 radical (unpaired) electrons. The molecule has 29 heavy (non-hydrogen) atoms. The Kier molecular flexibility index (Phi) is 8.51. The summed E-state index contributed by atoms with van der Waals surface area (Å²) in [5.41, 5.74) is 3.60.